The summed E-state index contributed by atoms with van der Waals surface area (Å²) in [4.78, 5) is 37.6. The molecule has 1 aliphatic rings. The molecule has 1 atom stereocenters. The third-order valence-corrected chi connectivity index (χ3v) is 3.93. The van der Waals surface area contributed by atoms with Crippen LogP contribution in [0.15, 0.2) is 4.79 Å². The Morgan fingerprint density at radius 1 is 1.38 bits per heavy atom. The van der Waals surface area contributed by atoms with Gasteiger partial charge in [-0.2, -0.15) is 5.10 Å². The van der Waals surface area contributed by atoms with Crippen LogP contribution >= 0.6 is 0 Å². The molecule has 1 saturated heterocycles. The monoisotopic (exact) mass is 293 g/mol. The number of amides is 1. The lowest BCUT2D eigenvalue weighted by molar-refractivity contribution is -0.146. The predicted molar refractivity (Wildman–Crippen MR) is 75.0 cm³/mol. The molecule has 114 valence electrons. The number of esters is 1. The van der Waals surface area contributed by atoms with Crippen LogP contribution in [0.5, 0.6) is 0 Å². The van der Waals surface area contributed by atoms with Gasteiger partial charge in [-0.1, -0.05) is 0 Å². The van der Waals surface area contributed by atoms with Gasteiger partial charge in [0.05, 0.1) is 18.7 Å². The van der Waals surface area contributed by atoms with Gasteiger partial charge in [-0.25, -0.2) is 5.10 Å². The summed E-state index contributed by atoms with van der Waals surface area (Å²) >= 11 is 0. The smallest absolute Gasteiger partial charge is 0.310 e. The topological polar surface area (TPSA) is 92.4 Å². The Kier molecular flexibility index (Phi) is 4.40. The molecule has 1 aromatic heterocycles. The van der Waals surface area contributed by atoms with Gasteiger partial charge in [0.15, 0.2) is 0 Å². The molecule has 1 aliphatic heterocycles. The van der Waals surface area contributed by atoms with E-state index in [0.29, 0.717) is 30.6 Å². The zero-order valence-electron chi connectivity index (χ0n) is 12.4. The van der Waals surface area contributed by atoms with Crippen LogP contribution in [-0.4, -0.2) is 47.2 Å². The number of piperidine rings is 1. The first kappa shape index (κ1) is 15.2. The maximum Gasteiger partial charge on any atom is 0.310 e. The van der Waals surface area contributed by atoms with Crippen molar-refractivity contribution in [1.29, 1.82) is 0 Å². The average Bonchev–Trinajstić information content (AvgIpc) is 2.50. The summed E-state index contributed by atoms with van der Waals surface area (Å²) in [5.74, 6) is -0.994. The number of carbonyl (C=O) groups is 2. The lowest BCUT2D eigenvalue weighted by Gasteiger charge is -2.31. The van der Waals surface area contributed by atoms with E-state index in [4.69, 9.17) is 4.74 Å². The van der Waals surface area contributed by atoms with Crippen LogP contribution in [0.3, 0.4) is 0 Å². The van der Waals surface area contributed by atoms with Gasteiger partial charge >= 0.3 is 5.97 Å². The Morgan fingerprint density at radius 2 is 2.10 bits per heavy atom. The van der Waals surface area contributed by atoms with Crippen molar-refractivity contribution in [2.24, 2.45) is 5.92 Å². The molecule has 1 N–H and O–H groups in total. The first-order chi connectivity index (χ1) is 9.95. The van der Waals surface area contributed by atoms with E-state index < -0.39 is 5.56 Å². The highest BCUT2D eigenvalue weighted by Gasteiger charge is 2.31. The SMILES string of the molecule is COC(=O)C1CCCN(C(=O)c2c(C)c(C)n[nH]c2=O)C1. The number of aromatic amines is 1. The molecule has 21 heavy (non-hydrogen) atoms. The van der Waals surface area contributed by atoms with Crippen molar-refractivity contribution in [3.8, 4) is 0 Å². The average molecular weight is 293 g/mol. The number of rotatable bonds is 2. The number of carbonyl (C=O) groups excluding carboxylic acids is 2. The first-order valence-electron chi connectivity index (χ1n) is 6.88. The number of hydrogen-bond acceptors (Lipinski definition) is 5. The Morgan fingerprint density at radius 3 is 2.76 bits per heavy atom. The van der Waals surface area contributed by atoms with E-state index in [1.165, 1.54) is 7.11 Å². The van der Waals surface area contributed by atoms with Gasteiger partial charge in [0, 0.05) is 13.1 Å². The van der Waals surface area contributed by atoms with Crippen LogP contribution in [-0.2, 0) is 9.53 Å². The molecule has 1 fully saturated rings. The van der Waals surface area contributed by atoms with E-state index >= 15 is 0 Å². The summed E-state index contributed by atoms with van der Waals surface area (Å²) in [7, 11) is 1.34. The molecular formula is C14H19N3O4. The number of nitrogens with one attached hydrogen (secondary N) is 1. The van der Waals surface area contributed by atoms with Gasteiger partial charge in [0.25, 0.3) is 11.5 Å². The number of hydrogen-bond donors (Lipinski definition) is 1. The maximum atomic E-state index is 12.6. The summed E-state index contributed by atoms with van der Waals surface area (Å²) in [5, 5.41) is 6.17. The third kappa shape index (κ3) is 2.96. The number of methoxy groups -OCH3 is 1. The Labute approximate surface area is 122 Å². The largest absolute Gasteiger partial charge is 0.469 e. The van der Waals surface area contributed by atoms with Gasteiger partial charge in [0.2, 0.25) is 0 Å². The second-order valence-corrected chi connectivity index (χ2v) is 5.25. The molecule has 2 heterocycles. The molecule has 0 spiro atoms. The van der Waals surface area contributed by atoms with E-state index in [1.54, 1.807) is 18.7 Å². The summed E-state index contributed by atoms with van der Waals surface area (Å²) in [6.45, 7) is 4.25. The van der Waals surface area contributed by atoms with Gasteiger partial charge in [0.1, 0.15) is 5.56 Å². The molecule has 7 heteroatoms. The van der Waals surface area contributed by atoms with Crippen molar-refractivity contribution in [3.05, 3.63) is 27.2 Å². The highest BCUT2D eigenvalue weighted by Crippen LogP contribution is 2.20. The van der Waals surface area contributed by atoms with Gasteiger partial charge in [-0.3, -0.25) is 14.4 Å². The van der Waals surface area contributed by atoms with Crippen LogP contribution in [0, 0.1) is 19.8 Å². The maximum absolute atomic E-state index is 12.6. The number of nitrogens with zero attached hydrogens (tertiary/aromatic N) is 2. The summed E-state index contributed by atoms with van der Waals surface area (Å²) in [5.41, 5.74) is 0.791. The van der Waals surface area contributed by atoms with E-state index in [9.17, 15) is 14.4 Å². The van der Waals surface area contributed by atoms with Crippen molar-refractivity contribution in [3.63, 3.8) is 0 Å². The van der Waals surface area contributed by atoms with Crippen molar-refractivity contribution in [2.45, 2.75) is 26.7 Å². The highest BCUT2D eigenvalue weighted by molar-refractivity contribution is 5.95. The number of likely N-dealkylation sites (tertiary alicyclic amines) is 1. The van der Waals surface area contributed by atoms with Crippen LogP contribution in [0.4, 0.5) is 0 Å². The number of aromatic nitrogens is 2. The second kappa shape index (κ2) is 6.07. The lowest BCUT2D eigenvalue weighted by atomic mass is 9.97. The molecule has 1 amide bonds. The van der Waals surface area contributed by atoms with Crippen LogP contribution in [0.25, 0.3) is 0 Å². The standard InChI is InChI=1S/C14H19N3O4/c1-8-9(2)15-16-12(18)11(8)13(19)17-6-4-5-10(7-17)14(20)21-3/h10H,4-7H2,1-3H3,(H,16,18). The van der Waals surface area contributed by atoms with Crippen molar-refractivity contribution >= 4 is 11.9 Å². The second-order valence-electron chi connectivity index (χ2n) is 5.25. The molecule has 1 aromatic rings. The lowest BCUT2D eigenvalue weighted by Crippen LogP contribution is -2.44. The summed E-state index contributed by atoms with van der Waals surface area (Å²) in [6.07, 6.45) is 1.41. The quantitative estimate of drug-likeness (QED) is 0.797. The fourth-order valence-electron chi connectivity index (χ4n) is 2.56. The van der Waals surface area contributed by atoms with Crippen LogP contribution in [0.2, 0.25) is 0 Å². The molecule has 0 aliphatic carbocycles. The minimum Gasteiger partial charge on any atom is -0.469 e. The first-order valence-corrected chi connectivity index (χ1v) is 6.88. The van der Waals surface area contributed by atoms with Crippen LogP contribution < -0.4 is 5.56 Å². The van der Waals surface area contributed by atoms with Gasteiger partial charge in [-0.15, -0.1) is 0 Å². The summed E-state index contributed by atoms with van der Waals surface area (Å²) < 4.78 is 4.74. The van der Waals surface area contributed by atoms with Gasteiger partial charge in [-0.05, 0) is 32.3 Å². The molecule has 0 bridgehead atoms. The summed E-state index contributed by atoms with van der Waals surface area (Å²) in [6, 6.07) is 0. The zero-order chi connectivity index (χ0) is 15.6. The number of aryl methyl sites for hydroxylation is 1. The number of ether oxygens (including phenoxy) is 1. The highest BCUT2D eigenvalue weighted by atomic mass is 16.5. The Bertz CT molecular complexity index is 623. The molecule has 0 aromatic carbocycles. The Hall–Kier alpha value is -2.18. The third-order valence-electron chi connectivity index (χ3n) is 3.93. The van der Waals surface area contributed by atoms with Crippen molar-refractivity contribution in [2.75, 3.05) is 20.2 Å². The molecule has 0 radical (unpaired) electrons. The molecular weight excluding hydrogens is 274 g/mol. The van der Waals surface area contributed by atoms with E-state index in [2.05, 4.69) is 10.2 Å². The number of H-pyrrole nitrogens is 1. The van der Waals surface area contributed by atoms with Crippen LogP contribution in [0.1, 0.15) is 34.5 Å². The molecule has 2 rings (SSSR count). The predicted octanol–water partition coefficient (Wildman–Crippen LogP) is 0.412. The minimum absolute atomic E-state index is 0.105. The van der Waals surface area contributed by atoms with Crippen molar-refractivity contribution in [1.82, 2.24) is 15.1 Å². The van der Waals surface area contributed by atoms with E-state index in [0.717, 1.165) is 0 Å². The van der Waals surface area contributed by atoms with E-state index in [1.807, 2.05) is 0 Å². The normalized spacial score (nSPS) is 18.4. The fourth-order valence-corrected chi connectivity index (χ4v) is 2.56. The minimum atomic E-state index is -0.497. The zero-order valence-corrected chi connectivity index (χ0v) is 12.4. The van der Waals surface area contributed by atoms with Gasteiger partial charge < -0.3 is 9.64 Å². The van der Waals surface area contributed by atoms with E-state index in [-0.39, 0.29) is 29.9 Å². The fraction of sp³-hybridized carbons (Fsp3) is 0.571. The van der Waals surface area contributed by atoms with Crippen molar-refractivity contribution < 1.29 is 14.3 Å². The molecule has 1 unspecified atom stereocenters. The Balaban J connectivity index is 2.26. The molecule has 7 nitrogen and oxygen atoms in total. The molecule has 0 saturated carbocycles.